The van der Waals surface area contributed by atoms with Gasteiger partial charge in [0.15, 0.2) is 0 Å². The van der Waals surface area contributed by atoms with Gasteiger partial charge in [-0.15, -0.1) is 0 Å². The van der Waals surface area contributed by atoms with Gasteiger partial charge in [-0.05, 0) is 18.2 Å². The van der Waals surface area contributed by atoms with Gasteiger partial charge in [0.2, 0.25) is 0 Å². The van der Waals surface area contributed by atoms with Gasteiger partial charge in [-0.2, -0.15) is 0 Å². The van der Waals surface area contributed by atoms with E-state index in [1.54, 1.807) is 11.0 Å². The minimum absolute atomic E-state index is 0.116. The summed E-state index contributed by atoms with van der Waals surface area (Å²) in [6, 6.07) is 3.81. The van der Waals surface area contributed by atoms with Crippen LogP contribution in [0.25, 0.3) is 0 Å². The lowest BCUT2D eigenvalue weighted by Crippen LogP contribution is -2.33. The molecule has 2 atom stereocenters. The Bertz CT molecular complexity index is 483. The highest BCUT2D eigenvalue weighted by Crippen LogP contribution is 2.31. The second-order valence-electron chi connectivity index (χ2n) is 4.49. The molecule has 104 valence electrons. The van der Waals surface area contributed by atoms with Crippen LogP contribution in [0.15, 0.2) is 18.2 Å². The number of anilines is 2. The van der Waals surface area contributed by atoms with E-state index >= 15 is 0 Å². The van der Waals surface area contributed by atoms with E-state index in [0.717, 1.165) is 0 Å². The summed E-state index contributed by atoms with van der Waals surface area (Å²) in [6.45, 7) is 0.249. The summed E-state index contributed by atoms with van der Waals surface area (Å²) in [5, 5.41) is 9.37. The van der Waals surface area contributed by atoms with Crippen molar-refractivity contribution in [1.82, 2.24) is 0 Å². The van der Waals surface area contributed by atoms with Crippen LogP contribution in [0.4, 0.5) is 20.6 Å². The highest BCUT2D eigenvalue weighted by atomic mass is 19.1. The zero-order valence-electron chi connectivity index (χ0n) is 10.3. The molecule has 0 unspecified atom stereocenters. The molecule has 6 nitrogen and oxygen atoms in total. The fourth-order valence-corrected chi connectivity index (χ4v) is 2.38. The first-order chi connectivity index (χ1) is 9.01. The minimum atomic E-state index is -0.851. The fraction of sp³-hybridized carbons (Fsp3) is 0.417. The number of nitrogens with two attached hydrogens (primary N) is 2. The van der Waals surface area contributed by atoms with Crippen molar-refractivity contribution in [2.45, 2.75) is 18.6 Å². The number of nitrogen functional groups attached to an aromatic ring is 1. The van der Waals surface area contributed by atoms with Gasteiger partial charge in [-0.3, -0.25) is 0 Å². The van der Waals surface area contributed by atoms with E-state index < -0.39 is 18.0 Å². The molecule has 1 saturated heterocycles. The number of carbonyl (C=O) groups is 1. The van der Waals surface area contributed by atoms with Crippen molar-refractivity contribution in [3.05, 3.63) is 24.0 Å². The zero-order chi connectivity index (χ0) is 14.0. The molecular formula is C12H16FN3O3. The van der Waals surface area contributed by atoms with Crippen LogP contribution in [0.1, 0.15) is 6.42 Å². The van der Waals surface area contributed by atoms with E-state index in [9.17, 15) is 14.3 Å². The molecule has 7 heteroatoms. The smallest absolute Gasteiger partial charge is 0.404 e. The molecule has 1 fully saturated rings. The summed E-state index contributed by atoms with van der Waals surface area (Å²) in [7, 11) is 0. The van der Waals surface area contributed by atoms with Crippen molar-refractivity contribution in [3.63, 3.8) is 0 Å². The predicted octanol–water partition coefficient (Wildman–Crippen LogP) is 0.443. The van der Waals surface area contributed by atoms with Crippen LogP contribution in [-0.4, -0.2) is 36.5 Å². The fourth-order valence-electron chi connectivity index (χ4n) is 2.38. The van der Waals surface area contributed by atoms with E-state index in [2.05, 4.69) is 0 Å². The second-order valence-corrected chi connectivity index (χ2v) is 4.49. The van der Waals surface area contributed by atoms with Crippen LogP contribution in [0.2, 0.25) is 0 Å². The summed E-state index contributed by atoms with van der Waals surface area (Å²) in [6.07, 6.45) is -0.800. The predicted molar refractivity (Wildman–Crippen MR) is 68.1 cm³/mol. The van der Waals surface area contributed by atoms with Crippen LogP contribution in [0, 0.1) is 5.82 Å². The number of benzene rings is 1. The Morgan fingerprint density at radius 2 is 2.32 bits per heavy atom. The monoisotopic (exact) mass is 269 g/mol. The molecule has 1 aliphatic heterocycles. The molecule has 2 rings (SSSR count). The molecule has 0 bridgehead atoms. The van der Waals surface area contributed by atoms with E-state index in [4.69, 9.17) is 16.2 Å². The lowest BCUT2D eigenvalue weighted by atomic mass is 10.2. The number of amides is 1. The van der Waals surface area contributed by atoms with Gasteiger partial charge >= 0.3 is 6.09 Å². The molecule has 0 radical (unpaired) electrons. The average Bonchev–Trinajstić information content (AvgIpc) is 2.71. The van der Waals surface area contributed by atoms with Crippen LogP contribution in [-0.2, 0) is 4.74 Å². The summed E-state index contributed by atoms with van der Waals surface area (Å²) in [5.41, 5.74) is 11.6. The number of carbonyl (C=O) groups excluding carboxylic acids is 1. The number of hydrogen-bond acceptors (Lipinski definition) is 5. The van der Waals surface area contributed by atoms with Crippen molar-refractivity contribution in [2.24, 2.45) is 5.73 Å². The molecule has 0 aromatic heterocycles. The SMILES string of the molecule is NC(=O)O[C@H]1C[C@@H](CO)N(c2ccc(F)cc2N)C1. The van der Waals surface area contributed by atoms with Gasteiger partial charge in [-0.25, -0.2) is 9.18 Å². The van der Waals surface area contributed by atoms with E-state index in [1.165, 1.54) is 12.1 Å². The van der Waals surface area contributed by atoms with Gasteiger partial charge in [0.1, 0.15) is 11.9 Å². The van der Waals surface area contributed by atoms with E-state index in [0.29, 0.717) is 18.7 Å². The minimum Gasteiger partial charge on any atom is -0.444 e. The third-order valence-electron chi connectivity index (χ3n) is 3.17. The standard InChI is InChI=1S/C12H16FN3O3/c13-7-1-2-11(10(14)3-7)16-5-9(19-12(15)18)4-8(16)6-17/h1-3,8-9,17H,4-6,14H2,(H2,15,18)/t8-,9-/m0/s1. The first-order valence-corrected chi connectivity index (χ1v) is 5.90. The van der Waals surface area contributed by atoms with Gasteiger partial charge in [-0.1, -0.05) is 0 Å². The molecule has 0 spiro atoms. The number of halogens is 1. The normalized spacial score (nSPS) is 22.5. The largest absolute Gasteiger partial charge is 0.444 e. The average molecular weight is 269 g/mol. The summed E-state index contributed by atoms with van der Waals surface area (Å²) >= 11 is 0. The highest BCUT2D eigenvalue weighted by Gasteiger charge is 2.34. The van der Waals surface area contributed by atoms with Crippen molar-refractivity contribution >= 4 is 17.5 Å². The number of rotatable bonds is 3. The molecule has 1 aliphatic rings. The van der Waals surface area contributed by atoms with Crippen LogP contribution >= 0.6 is 0 Å². The van der Waals surface area contributed by atoms with E-state index in [-0.39, 0.29) is 18.3 Å². The molecule has 1 aromatic rings. The number of aliphatic hydroxyl groups excluding tert-OH is 1. The number of primary amides is 1. The quantitative estimate of drug-likeness (QED) is 0.691. The Kier molecular flexibility index (Phi) is 3.75. The zero-order valence-corrected chi connectivity index (χ0v) is 10.3. The second kappa shape index (κ2) is 5.31. The Hall–Kier alpha value is -2.02. The number of nitrogens with zero attached hydrogens (tertiary/aromatic N) is 1. The third kappa shape index (κ3) is 2.87. The topological polar surface area (TPSA) is 102 Å². The third-order valence-corrected chi connectivity index (χ3v) is 3.17. The lowest BCUT2D eigenvalue weighted by molar-refractivity contribution is 0.114. The van der Waals surface area contributed by atoms with Crippen LogP contribution in [0.3, 0.4) is 0 Å². The lowest BCUT2D eigenvalue weighted by Gasteiger charge is -2.26. The number of hydrogen-bond donors (Lipinski definition) is 3. The maximum Gasteiger partial charge on any atom is 0.404 e. The Labute approximate surface area is 109 Å². The summed E-state index contributed by atoms with van der Waals surface area (Å²) in [4.78, 5) is 12.5. The number of ether oxygens (including phenoxy) is 1. The van der Waals surface area contributed by atoms with Crippen molar-refractivity contribution < 1.29 is 19.0 Å². The Morgan fingerprint density at radius 3 is 2.89 bits per heavy atom. The molecule has 19 heavy (non-hydrogen) atoms. The van der Waals surface area contributed by atoms with Gasteiger partial charge < -0.3 is 26.2 Å². The van der Waals surface area contributed by atoms with Gasteiger partial charge in [0, 0.05) is 6.42 Å². The van der Waals surface area contributed by atoms with Crippen molar-refractivity contribution in [2.75, 3.05) is 23.8 Å². The highest BCUT2D eigenvalue weighted by molar-refractivity contribution is 5.69. The maximum atomic E-state index is 13.0. The van der Waals surface area contributed by atoms with Crippen molar-refractivity contribution in [1.29, 1.82) is 0 Å². The Morgan fingerprint density at radius 1 is 1.58 bits per heavy atom. The summed E-state index contributed by atoms with van der Waals surface area (Å²) in [5.74, 6) is -0.425. The van der Waals surface area contributed by atoms with Crippen LogP contribution < -0.4 is 16.4 Å². The van der Waals surface area contributed by atoms with Gasteiger partial charge in [0.25, 0.3) is 0 Å². The molecule has 1 aromatic carbocycles. The molecule has 0 aliphatic carbocycles. The van der Waals surface area contributed by atoms with Gasteiger partial charge in [0.05, 0.1) is 30.6 Å². The van der Waals surface area contributed by atoms with E-state index in [1.807, 2.05) is 0 Å². The molecule has 1 heterocycles. The first kappa shape index (κ1) is 13.4. The first-order valence-electron chi connectivity index (χ1n) is 5.90. The molecular weight excluding hydrogens is 253 g/mol. The summed E-state index contributed by atoms with van der Waals surface area (Å²) < 4.78 is 18.0. The molecule has 1 amide bonds. The maximum absolute atomic E-state index is 13.0. The molecule has 0 saturated carbocycles. The molecule has 5 N–H and O–H groups in total. The van der Waals surface area contributed by atoms with Crippen molar-refractivity contribution in [3.8, 4) is 0 Å². The Balaban J connectivity index is 2.20. The van der Waals surface area contributed by atoms with Crippen LogP contribution in [0.5, 0.6) is 0 Å². The number of aliphatic hydroxyl groups is 1.